The molecule has 0 radical (unpaired) electrons. The minimum atomic E-state index is -4.01. The molecule has 2 amide bonds. The zero-order chi connectivity index (χ0) is 22.4. The highest BCUT2D eigenvalue weighted by Crippen LogP contribution is 2.30. The predicted octanol–water partition coefficient (Wildman–Crippen LogP) is 4.29. The van der Waals surface area contributed by atoms with E-state index in [2.05, 4.69) is 15.4 Å². The number of para-hydroxylation sites is 2. The van der Waals surface area contributed by atoms with E-state index in [1.807, 2.05) is 0 Å². The maximum Gasteiger partial charge on any atom is 0.323 e. The number of amides is 2. The summed E-state index contributed by atoms with van der Waals surface area (Å²) in [6.45, 7) is 0. The Morgan fingerprint density at radius 1 is 0.839 bits per heavy atom. The molecule has 3 aromatic rings. The number of nitrogens with one attached hydrogen (secondary N) is 3. The lowest BCUT2D eigenvalue weighted by molar-refractivity contribution is 0.262. The van der Waals surface area contributed by atoms with Crippen LogP contribution in [0, 0.1) is 5.82 Å². The van der Waals surface area contributed by atoms with Gasteiger partial charge in [0.05, 0.1) is 30.5 Å². The summed E-state index contributed by atoms with van der Waals surface area (Å²) in [4.78, 5) is 12.2. The lowest BCUT2D eigenvalue weighted by atomic mass is 10.2. The minimum absolute atomic E-state index is 0.0990. The lowest BCUT2D eigenvalue weighted by Gasteiger charge is -2.15. The molecular formula is C21H20FN3O5S. The summed E-state index contributed by atoms with van der Waals surface area (Å²) < 4.78 is 51.1. The molecule has 0 saturated heterocycles. The predicted molar refractivity (Wildman–Crippen MR) is 116 cm³/mol. The van der Waals surface area contributed by atoms with Crippen LogP contribution in [0.5, 0.6) is 11.5 Å². The van der Waals surface area contributed by atoms with E-state index in [9.17, 15) is 17.6 Å². The van der Waals surface area contributed by atoms with Gasteiger partial charge in [-0.05, 0) is 54.6 Å². The number of hydrogen-bond acceptors (Lipinski definition) is 5. The van der Waals surface area contributed by atoms with Crippen LogP contribution in [0.3, 0.4) is 0 Å². The number of ether oxygens (including phenoxy) is 2. The van der Waals surface area contributed by atoms with Gasteiger partial charge >= 0.3 is 6.03 Å². The van der Waals surface area contributed by atoms with Crippen LogP contribution in [0.2, 0.25) is 0 Å². The minimum Gasteiger partial charge on any atom is -0.495 e. The normalized spacial score (nSPS) is 10.8. The number of benzene rings is 3. The molecule has 3 N–H and O–H groups in total. The highest BCUT2D eigenvalue weighted by molar-refractivity contribution is 7.92. The summed E-state index contributed by atoms with van der Waals surface area (Å²) in [5, 5.41) is 5.28. The van der Waals surface area contributed by atoms with Gasteiger partial charge < -0.3 is 20.1 Å². The molecule has 0 bridgehead atoms. The number of rotatable bonds is 7. The van der Waals surface area contributed by atoms with Crippen molar-refractivity contribution in [2.45, 2.75) is 4.90 Å². The summed E-state index contributed by atoms with van der Waals surface area (Å²) in [6, 6.07) is 15.2. The molecule has 0 aliphatic heterocycles. The topological polar surface area (TPSA) is 106 Å². The number of anilines is 3. The van der Waals surface area contributed by atoms with Crippen LogP contribution in [0.4, 0.5) is 26.2 Å². The number of halogens is 1. The Bertz CT molecular complexity index is 1180. The van der Waals surface area contributed by atoms with Crippen molar-refractivity contribution in [2.75, 3.05) is 29.6 Å². The largest absolute Gasteiger partial charge is 0.495 e. The Kier molecular flexibility index (Phi) is 6.61. The van der Waals surface area contributed by atoms with Crippen LogP contribution in [0.25, 0.3) is 0 Å². The molecule has 0 atom stereocenters. The third-order valence-electron chi connectivity index (χ3n) is 4.18. The highest BCUT2D eigenvalue weighted by atomic mass is 32.2. The smallest absolute Gasteiger partial charge is 0.323 e. The molecule has 0 saturated carbocycles. The monoisotopic (exact) mass is 445 g/mol. The molecule has 0 fully saturated rings. The third-order valence-corrected chi connectivity index (χ3v) is 5.56. The van der Waals surface area contributed by atoms with Gasteiger partial charge in [-0.25, -0.2) is 17.6 Å². The summed E-state index contributed by atoms with van der Waals surface area (Å²) >= 11 is 0. The second kappa shape index (κ2) is 9.35. The van der Waals surface area contributed by atoms with Crippen LogP contribution < -0.4 is 24.8 Å². The molecule has 0 aliphatic carbocycles. The second-order valence-electron chi connectivity index (χ2n) is 6.25. The molecule has 0 aromatic heterocycles. The molecule has 31 heavy (non-hydrogen) atoms. The number of urea groups is 1. The Balaban J connectivity index is 1.80. The van der Waals surface area contributed by atoms with Crippen molar-refractivity contribution >= 4 is 33.1 Å². The number of sulfonamides is 1. The highest BCUT2D eigenvalue weighted by Gasteiger charge is 2.18. The average molecular weight is 445 g/mol. The summed E-state index contributed by atoms with van der Waals surface area (Å²) in [7, 11) is -1.14. The van der Waals surface area contributed by atoms with E-state index >= 15 is 0 Å². The quantitative estimate of drug-likeness (QED) is 0.503. The van der Waals surface area contributed by atoms with Crippen LogP contribution >= 0.6 is 0 Å². The first kappa shape index (κ1) is 21.9. The van der Waals surface area contributed by atoms with Crippen molar-refractivity contribution < 1.29 is 27.1 Å². The van der Waals surface area contributed by atoms with Crippen LogP contribution in [-0.4, -0.2) is 28.7 Å². The first-order valence-electron chi connectivity index (χ1n) is 9.00. The second-order valence-corrected chi connectivity index (χ2v) is 7.94. The SMILES string of the molecule is COc1ccccc1NC(=O)Nc1ccc(OC)c(NS(=O)(=O)c2ccc(F)cc2)c1. The molecule has 0 unspecified atom stereocenters. The number of carbonyl (C=O) groups is 1. The molecule has 10 heteroatoms. The van der Waals surface area contributed by atoms with Crippen LogP contribution in [0.15, 0.2) is 71.6 Å². The van der Waals surface area contributed by atoms with Crippen molar-refractivity contribution in [3.63, 3.8) is 0 Å². The number of carbonyl (C=O) groups excluding carboxylic acids is 1. The van der Waals surface area contributed by atoms with Crippen LogP contribution in [-0.2, 0) is 10.0 Å². The van der Waals surface area contributed by atoms with Gasteiger partial charge in [-0.15, -0.1) is 0 Å². The van der Waals surface area contributed by atoms with Gasteiger partial charge in [0.2, 0.25) is 0 Å². The van der Waals surface area contributed by atoms with Crippen molar-refractivity contribution in [1.29, 1.82) is 0 Å². The van der Waals surface area contributed by atoms with Crippen molar-refractivity contribution in [1.82, 2.24) is 0 Å². The van der Waals surface area contributed by atoms with Crippen molar-refractivity contribution in [3.05, 3.63) is 72.5 Å². The van der Waals surface area contributed by atoms with E-state index in [1.54, 1.807) is 30.3 Å². The summed E-state index contributed by atoms with van der Waals surface area (Å²) in [5.74, 6) is 0.172. The zero-order valence-electron chi connectivity index (χ0n) is 16.7. The molecule has 0 aliphatic rings. The van der Waals surface area contributed by atoms with Gasteiger partial charge in [-0.1, -0.05) is 12.1 Å². The summed E-state index contributed by atoms with van der Waals surface area (Å²) in [5.41, 5.74) is 0.875. The zero-order valence-corrected chi connectivity index (χ0v) is 17.5. The number of methoxy groups -OCH3 is 2. The Morgan fingerprint density at radius 3 is 2.16 bits per heavy atom. The van der Waals surface area contributed by atoms with Crippen molar-refractivity contribution in [3.8, 4) is 11.5 Å². The average Bonchev–Trinajstić information content (AvgIpc) is 2.74. The van der Waals surface area contributed by atoms with E-state index in [-0.39, 0.29) is 16.3 Å². The Labute approximate surface area is 179 Å². The third kappa shape index (κ3) is 5.43. The van der Waals surface area contributed by atoms with Gasteiger partial charge in [-0.3, -0.25) is 4.72 Å². The molecule has 3 aromatic carbocycles. The Hall–Kier alpha value is -3.79. The van der Waals surface area contributed by atoms with Gasteiger partial charge in [-0.2, -0.15) is 0 Å². The fourth-order valence-electron chi connectivity index (χ4n) is 2.72. The van der Waals surface area contributed by atoms with E-state index in [0.717, 1.165) is 24.3 Å². The Morgan fingerprint density at radius 2 is 1.48 bits per heavy atom. The first-order chi connectivity index (χ1) is 14.8. The standard InChI is InChI=1S/C21H20FN3O5S/c1-29-19-6-4-3-5-17(19)24-21(26)23-15-9-12-20(30-2)18(13-15)25-31(27,28)16-10-7-14(22)8-11-16/h3-13,25H,1-2H3,(H2,23,24,26). The van der Waals surface area contributed by atoms with Gasteiger partial charge in [0, 0.05) is 5.69 Å². The van der Waals surface area contributed by atoms with E-state index in [0.29, 0.717) is 17.1 Å². The molecule has 8 nitrogen and oxygen atoms in total. The fourth-order valence-corrected chi connectivity index (χ4v) is 3.78. The van der Waals surface area contributed by atoms with Crippen molar-refractivity contribution in [2.24, 2.45) is 0 Å². The van der Waals surface area contributed by atoms with E-state index in [1.165, 1.54) is 26.4 Å². The molecule has 162 valence electrons. The molecule has 0 spiro atoms. The number of hydrogen-bond donors (Lipinski definition) is 3. The molecular weight excluding hydrogens is 425 g/mol. The fraction of sp³-hybridized carbons (Fsp3) is 0.0952. The first-order valence-corrected chi connectivity index (χ1v) is 10.5. The van der Waals surface area contributed by atoms with Crippen LogP contribution in [0.1, 0.15) is 0 Å². The van der Waals surface area contributed by atoms with Gasteiger partial charge in [0.25, 0.3) is 10.0 Å². The molecule has 3 rings (SSSR count). The maximum atomic E-state index is 13.1. The lowest BCUT2D eigenvalue weighted by Crippen LogP contribution is -2.20. The summed E-state index contributed by atoms with van der Waals surface area (Å²) in [6.07, 6.45) is 0. The van der Waals surface area contributed by atoms with E-state index in [4.69, 9.17) is 9.47 Å². The molecule has 0 heterocycles. The van der Waals surface area contributed by atoms with Gasteiger partial charge in [0.15, 0.2) is 0 Å². The van der Waals surface area contributed by atoms with E-state index < -0.39 is 21.9 Å². The maximum absolute atomic E-state index is 13.1. The van der Waals surface area contributed by atoms with Gasteiger partial charge in [0.1, 0.15) is 17.3 Å².